The van der Waals surface area contributed by atoms with E-state index in [1.54, 1.807) is 11.8 Å². The lowest BCUT2D eigenvalue weighted by molar-refractivity contribution is -0.0646. The highest BCUT2D eigenvalue weighted by atomic mass is 32.2. The number of aryl methyl sites for hydroxylation is 1. The van der Waals surface area contributed by atoms with E-state index in [0.29, 0.717) is 29.9 Å². The molecule has 44 heavy (non-hydrogen) atoms. The van der Waals surface area contributed by atoms with E-state index in [9.17, 15) is 9.50 Å². The fourth-order valence-electron chi connectivity index (χ4n) is 8.70. The van der Waals surface area contributed by atoms with Crippen molar-refractivity contribution < 1.29 is 14.2 Å². The predicted molar refractivity (Wildman–Crippen MR) is 172 cm³/mol. The lowest BCUT2D eigenvalue weighted by Crippen LogP contribution is -2.50. The fraction of sp³-hybridized carbons (Fsp3) is 0.472. The van der Waals surface area contributed by atoms with Gasteiger partial charge in [0.25, 0.3) is 0 Å². The van der Waals surface area contributed by atoms with Gasteiger partial charge in [-0.3, -0.25) is 0 Å². The number of terminal acetylenes is 1. The zero-order valence-electron chi connectivity index (χ0n) is 25.6. The Labute approximate surface area is 262 Å². The molecular weight excluding hydrogens is 571 g/mol. The van der Waals surface area contributed by atoms with Gasteiger partial charge in [0, 0.05) is 22.7 Å². The van der Waals surface area contributed by atoms with E-state index >= 15 is 0 Å². The molecule has 2 unspecified atom stereocenters. The summed E-state index contributed by atoms with van der Waals surface area (Å²) in [5.41, 5.74) is 2.19. The Hall–Kier alpha value is -3.41. The van der Waals surface area contributed by atoms with Crippen molar-refractivity contribution in [3.8, 4) is 35.6 Å². The van der Waals surface area contributed by atoms with E-state index < -0.39 is 11.7 Å². The number of hydrogen-bond donors (Lipinski definition) is 1. The molecular formula is C36H39FN4O2S. The summed E-state index contributed by atoms with van der Waals surface area (Å²) >= 11 is 1.77. The lowest BCUT2D eigenvalue weighted by Gasteiger charge is -2.52. The van der Waals surface area contributed by atoms with Gasteiger partial charge in [0.2, 0.25) is 0 Å². The monoisotopic (exact) mass is 610 g/mol. The van der Waals surface area contributed by atoms with Crippen LogP contribution >= 0.6 is 11.8 Å². The smallest absolute Gasteiger partial charge is 0.328 e. The molecule has 7 rings (SSSR count). The molecule has 0 bridgehead atoms. The van der Waals surface area contributed by atoms with Crippen LogP contribution in [0.4, 0.5) is 4.39 Å². The summed E-state index contributed by atoms with van der Waals surface area (Å²) in [7, 11) is 0. The van der Waals surface area contributed by atoms with Crippen LogP contribution in [-0.2, 0) is 13.0 Å². The van der Waals surface area contributed by atoms with Crippen LogP contribution in [0.2, 0.25) is 0 Å². The van der Waals surface area contributed by atoms with Crippen molar-refractivity contribution in [2.45, 2.75) is 88.8 Å². The third-order valence-corrected chi connectivity index (χ3v) is 11.8. The molecule has 2 saturated carbocycles. The van der Waals surface area contributed by atoms with Gasteiger partial charge in [-0.15, -0.1) is 23.2 Å². The van der Waals surface area contributed by atoms with E-state index in [4.69, 9.17) is 11.2 Å². The maximum atomic E-state index is 15.0. The normalized spacial score (nSPS) is 27.4. The Morgan fingerprint density at radius 3 is 2.68 bits per heavy atom. The maximum Gasteiger partial charge on any atom is 0.328 e. The highest BCUT2D eigenvalue weighted by Crippen LogP contribution is 2.64. The van der Waals surface area contributed by atoms with Crippen LogP contribution in [-0.4, -0.2) is 36.0 Å². The summed E-state index contributed by atoms with van der Waals surface area (Å²) in [4.78, 5) is 12.7. The summed E-state index contributed by atoms with van der Waals surface area (Å²) in [6.07, 6.45) is 11.5. The molecule has 4 aromatic rings. The molecule has 228 valence electrons. The molecule has 0 spiro atoms. The second-order valence-corrected chi connectivity index (χ2v) is 14.1. The number of ether oxygens (including phenoxy) is 1. The van der Waals surface area contributed by atoms with E-state index in [1.165, 1.54) is 11.1 Å². The Kier molecular flexibility index (Phi) is 7.45. The molecule has 5 atom stereocenters. The average Bonchev–Trinajstić information content (AvgIpc) is 3.48. The van der Waals surface area contributed by atoms with Crippen LogP contribution in [0.5, 0.6) is 11.8 Å². The molecule has 2 fully saturated rings. The molecule has 1 N–H and O–H groups in total. The molecule has 0 radical (unpaired) electrons. The first-order chi connectivity index (χ1) is 21.3. The van der Waals surface area contributed by atoms with Crippen LogP contribution in [0.15, 0.2) is 47.5 Å². The zero-order chi connectivity index (χ0) is 30.6. The van der Waals surface area contributed by atoms with E-state index in [0.717, 1.165) is 72.3 Å². The predicted octanol–water partition coefficient (Wildman–Crippen LogP) is 8.17. The molecule has 0 aliphatic heterocycles. The first-order valence-corrected chi connectivity index (χ1v) is 17.0. The van der Waals surface area contributed by atoms with Crippen LogP contribution in [0, 0.1) is 35.7 Å². The summed E-state index contributed by atoms with van der Waals surface area (Å²) in [5.74, 6) is 5.94. The number of thioether (sulfide) groups is 1. The second-order valence-electron chi connectivity index (χ2n) is 12.9. The molecule has 0 amide bonds. The standard InChI is InChI=1S/C36H39FN4O2S/c1-5-20-41-30(27-10-8-9-11-28(27)32(41)44-7-3)31-38-33(37)40-34(39-31)43-23-13-15-24-22(21-23)12-14-26-25(24)16-18-35(4)29(26)17-19-36(35,42)6-2/h2,8-11,13,15,21,25-26,29,42H,5,7,12,14,16-20H2,1,3-4H3/t25?,26-,29?,35+,36+/m1/s1. The van der Waals surface area contributed by atoms with Crippen LogP contribution in [0.1, 0.15) is 76.3 Å². The number of nitrogens with zero attached hydrogens (tertiary/aromatic N) is 4. The van der Waals surface area contributed by atoms with Gasteiger partial charge >= 0.3 is 12.1 Å². The Morgan fingerprint density at radius 2 is 1.91 bits per heavy atom. The molecule has 2 heterocycles. The molecule has 6 nitrogen and oxygen atoms in total. The van der Waals surface area contributed by atoms with Gasteiger partial charge in [0.1, 0.15) is 11.4 Å². The Bertz CT molecular complexity index is 1780. The number of aromatic nitrogens is 4. The fourth-order valence-corrected chi connectivity index (χ4v) is 9.65. The number of hydrogen-bond acceptors (Lipinski definition) is 6. The van der Waals surface area contributed by atoms with Crippen LogP contribution in [0.25, 0.3) is 22.3 Å². The molecule has 3 aliphatic rings. The minimum atomic E-state index is -1.000. The van der Waals surface area contributed by atoms with Gasteiger partial charge in [-0.1, -0.05) is 57.0 Å². The van der Waals surface area contributed by atoms with Crippen molar-refractivity contribution in [3.05, 3.63) is 59.7 Å². The number of benzene rings is 2. The average molecular weight is 611 g/mol. The lowest BCUT2D eigenvalue weighted by atomic mass is 9.53. The topological polar surface area (TPSA) is 73.1 Å². The van der Waals surface area contributed by atoms with Gasteiger partial charge in [0.15, 0.2) is 5.82 Å². The number of fused-ring (bicyclic) bond motifs is 6. The van der Waals surface area contributed by atoms with Crippen molar-refractivity contribution in [1.82, 2.24) is 19.5 Å². The highest BCUT2D eigenvalue weighted by molar-refractivity contribution is 7.99. The van der Waals surface area contributed by atoms with Crippen molar-refractivity contribution in [3.63, 3.8) is 0 Å². The third kappa shape index (κ3) is 4.54. The highest BCUT2D eigenvalue weighted by Gasteiger charge is 2.61. The number of rotatable bonds is 7. The second kappa shape index (κ2) is 11.2. The largest absolute Gasteiger partial charge is 0.424 e. The van der Waals surface area contributed by atoms with Crippen molar-refractivity contribution in [2.24, 2.45) is 17.3 Å². The van der Waals surface area contributed by atoms with Crippen molar-refractivity contribution in [1.29, 1.82) is 0 Å². The van der Waals surface area contributed by atoms with Gasteiger partial charge < -0.3 is 14.4 Å². The van der Waals surface area contributed by atoms with E-state index in [2.05, 4.69) is 64.4 Å². The Balaban J connectivity index is 1.19. The molecule has 8 heteroatoms. The first-order valence-electron chi connectivity index (χ1n) is 16.0. The summed E-state index contributed by atoms with van der Waals surface area (Å²) in [5, 5.41) is 14.5. The van der Waals surface area contributed by atoms with E-state index in [-0.39, 0.29) is 17.2 Å². The molecule has 0 saturated heterocycles. The number of aliphatic hydroxyl groups is 1. The van der Waals surface area contributed by atoms with Gasteiger partial charge in [-0.2, -0.15) is 14.4 Å². The SMILES string of the molecule is C#C[C@]1(O)CCC2[C@@H]3CCc4cc(Oc5nc(F)nc(-c6c7ccccc7c(SCC)n6CCC)n5)ccc4C3CC[C@@]21C. The zero-order valence-corrected chi connectivity index (χ0v) is 26.5. The maximum absolute atomic E-state index is 15.0. The third-order valence-electron chi connectivity index (χ3n) is 10.8. The van der Waals surface area contributed by atoms with Crippen LogP contribution in [0.3, 0.4) is 0 Å². The first kappa shape index (κ1) is 29.3. The van der Waals surface area contributed by atoms with Crippen molar-refractivity contribution in [2.75, 3.05) is 5.75 Å². The molecule has 3 aliphatic carbocycles. The Morgan fingerprint density at radius 1 is 1.09 bits per heavy atom. The van der Waals surface area contributed by atoms with Gasteiger partial charge in [-0.05, 0) is 91.7 Å². The molecule has 2 aromatic heterocycles. The minimum Gasteiger partial charge on any atom is -0.424 e. The molecule has 2 aromatic carbocycles. The van der Waals surface area contributed by atoms with E-state index in [1.807, 2.05) is 24.3 Å². The quantitative estimate of drug-likeness (QED) is 0.168. The summed E-state index contributed by atoms with van der Waals surface area (Å²) in [6, 6.07) is 14.3. The summed E-state index contributed by atoms with van der Waals surface area (Å²) < 4.78 is 23.3. The minimum absolute atomic E-state index is 0.0490. The van der Waals surface area contributed by atoms with Crippen molar-refractivity contribution >= 4 is 22.5 Å². The van der Waals surface area contributed by atoms with Gasteiger partial charge in [0.05, 0.1) is 10.7 Å². The summed E-state index contributed by atoms with van der Waals surface area (Å²) in [6.45, 7) is 7.24. The number of halogens is 1. The van der Waals surface area contributed by atoms with Crippen LogP contribution < -0.4 is 4.74 Å². The van der Waals surface area contributed by atoms with Gasteiger partial charge in [-0.25, -0.2) is 0 Å².